The van der Waals surface area contributed by atoms with Crippen LogP contribution in [0, 0.1) is 17.8 Å². The molecule has 0 rings (SSSR count). The van der Waals surface area contributed by atoms with E-state index in [1.165, 1.54) is 0 Å². The minimum atomic E-state index is -0.169. The maximum Gasteiger partial charge on any atom is 0.104 e. The predicted molar refractivity (Wildman–Crippen MR) is 55.4 cm³/mol. The summed E-state index contributed by atoms with van der Waals surface area (Å²) in [6, 6.07) is 0. The molecule has 14 heavy (non-hydrogen) atoms. The smallest absolute Gasteiger partial charge is 0.104 e. The third-order valence-electron chi connectivity index (χ3n) is 1.44. The van der Waals surface area contributed by atoms with Crippen molar-refractivity contribution in [2.75, 3.05) is 19.8 Å². The quantitative estimate of drug-likeness (QED) is 0.431. The summed E-state index contributed by atoms with van der Waals surface area (Å²) in [5.41, 5.74) is 0. The van der Waals surface area contributed by atoms with Gasteiger partial charge in [0.15, 0.2) is 0 Å². The van der Waals surface area contributed by atoms with Gasteiger partial charge in [-0.15, -0.1) is 0 Å². The Kier molecular flexibility index (Phi) is 9.23. The zero-order valence-corrected chi connectivity index (χ0v) is 8.06. The number of allylic oxidation sites excluding steroid dienone is 2. The Bertz CT molecular complexity index is 233. The predicted octanol–water partition coefficient (Wildman–Crippen LogP) is 0.0854. The fourth-order valence-electron chi connectivity index (χ4n) is 0.849. The van der Waals surface area contributed by atoms with Gasteiger partial charge in [-0.2, -0.15) is 0 Å². The van der Waals surface area contributed by atoms with Crippen LogP contribution in [0.3, 0.4) is 0 Å². The maximum atomic E-state index is 8.56. The highest BCUT2D eigenvalue weighted by atomic mass is 16.3. The summed E-state index contributed by atoms with van der Waals surface area (Å²) in [6.45, 7) is -0.0805. The Morgan fingerprint density at radius 2 is 1.79 bits per heavy atom. The molecule has 0 bridgehead atoms. The lowest BCUT2D eigenvalue weighted by atomic mass is 10.1. The minimum absolute atomic E-state index is 0.0227. The molecule has 0 aliphatic carbocycles. The highest BCUT2D eigenvalue weighted by Crippen LogP contribution is 2.00. The van der Waals surface area contributed by atoms with Crippen molar-refractivity contribution in [3.8, 4) is 11.8 Å². The van der Waals surface area contributed by atoms with E-state index in [4.69, 9.17) is 15.3 Å². The van der Waals surface area contributed by atoms with Crippen LogP contribution in [0.1, 0.15) is 6.42 Å². The van der Waals surface area contributed by atoms with Crippen LogP contribution in [0.15, 0.2) is 24.3 Å². The van der Waals surface area contributed by atoms with E-state index in [2.05, 4.69) is 11.8 Å². The molecule has 78 valence electrons. The van der Waals surface area contributed by atoms with E-state index in [0.29, 0.717) is 6.42 Å². The molecule has 1 unspecified atom stereocenters. The second-order valence-electron chi connectivity index (χ2n) is 2.56. The molecule has 0 aromatic heterocycles. The molecule has 0 aromatic rings. The molecule has 0 aliphatic heterocycles. The molecule has 0 heterocycles. The number of aliphatic hydroxyl groups is 3. The summed E-state index contributed by atoms with van der Waals surface area (Å²) >= 11 is 0. The van der Waals surface area contributed by atoms with Crippen LogP contribution in [0.2, 0.25) is 0 Å². The molecule has 0 radical (unpaired) electrons. The Morgan fingerprint density at radius 3 is 2.36 bits per heavy atom. The second kappa shape index (κ2) is 10.0. The molecule has 0 saturated carbocycles. The zero-order valence-electron chi connectivity index (χ0n) is 8.06. The van der Waals surface area contributed by atoms with Gasteiger partial charge in [0, 0.05) is 6.61 Å². The molecule has 3 N–H and O–H groups in total. The molecule has 0 fully saturated rings. The summed E-state index contributed by atoms with van der Waals surface area (Å²) in [4.78, 5) is 0. The average Bonchev–Trinajstić information content (AvgIpc) is 2.21. The molecule has 0 aliphatic rings. The van der Waals surface area contributed by atoms with E-state index >= 15 is 0 Å². The van der Waals surface area contributed by atoms with Crippen LogP contribution in [0.4, 0.5) is 0 Å². The highest BCUT2D eigenvalue weighted by Gasteiger charge is 1.92. The van der Waals surface area contributed by atoms with Gasteiger partial charge in [-0.05, 0) is 6.42 Å². The third kappa shape index (κ3) is 7.56. The first kappa shape index (κ1) is 12.9. The lowest BCUT2D eigenvalue weighted by Gasteiger charge is -1.96. The normalized spacial score (nSPS) is 13.1. The Labute approximate surface area is 84.4 Å². The van der Waals surface area contributed by atoms with Crippen molar-refractivity contribution in [3.05, 3.63) is 24.3 Å². The van der Waals surface area contributed by atoms with Crippen molar-refractivity contribution in [1.82, 2.24) is 0 Å². The van der Waals surface area contributed by atoms with Crippen LogP contribution >= 0.6 is 0 Å². The van der Waals surface area contributed by atoms with E-state index in [1.54, 1.807) is 12.2 Å². The van der Waals surface area contributed by atoms with E-state index in [-0.39, 0.29) is 25.7 Å². The van der Waals surface area contributed by atoms with Crippen LogP contribution in [-0.4, -0.2) is 35.1 Å². The topological polar surface area (TPSA) is 60.7 Å². The first-order valence-electron chi connectivity index (χ1n) is 4.49. The fourth-order valence-corrected chi connectivity index (χ4v) is 0.849. The highest BCUT2D eigenvalue weighted by molar-refractivity contribution is 5.18. The van der Waals surface area contributed by atoms with E-state index in [9.17, 15) is 0 Å². The third-order valence-corrected chi connectivity index (χ3v) is 1.44. The Balaban J connectivity index is 4.17. The van der Waals surface area contributed by atoms with Gasteiger partial charge in [-0.1, -0.05) is 36.1 Å². The van der Waals surface area contributed by atoms with E-state index in [1.807, 2.05) is 12.2 Å². The second-order valence-corrected chi connectivity index (χ2v) is 2.56. The van der Waals surface area contributed by atoms with Crippen molar-refractivity contribution in [1.29, 1.82) is 0 Å². The van der Waals surface area contributed by atoms with Crippen molar-refractivity contribution in [2.24, 2.45) is 5.92 Å². The Morgan fingerprint density at radius 1 is 1.07 bits per heavy atom. The number of hydrogen-bond donors (Lipinski definition) is 3. The molecule has 3 heteroatoms. The lowest BCUT2D eigenvalue weighted by molar-refractivity contribution is 0.302. The van der Waals surface area contributed by atoms with Crippen LogP contribution in [-0.2, 0) is 0 Å². The summed E-state index contributed by atoms with van der Waals surface area (Å²) in [7, 11) is 0. The first-order valence-corrected chi connectivity index (χ1v) is 4.49. The minimum Gasteiger partial charge on any atom is -0.396 e. The molecule has 1 atom stereocenters. The molecule has 0 amide bonds. The average molecular weight is 196 g/mol. The zero-order chi connectivity index (χ0) is 10.6. The van der Waals surface area contributed by atoms with E-state index < -0.39 is 0 Å². The Hall–Kier alpha value is -1.08. The molecule has 3 nitrogen and oxygen atoms in total. The van der Waals surface area contributed by atoms with Gasteiger partial charge in [0.25, 0.3) is 0 Å². The number of rotatable bonds is 5. The van der Waals surface area contributed by atoms with E-state index in [0.717, 1.165) is 0 Å². The van der Waals surface area contributed by atoms with Gasteiger partial charge in [0.05, 0.1) is 12.5 Å². The molecule has 0 aromatic carbocycles. The largest absolute Gasteiger partial charge is 0.396 e. The monoisotopic (exact) mass is 196 g/mol. The van der Waals surface area contributed by atoms with Crippen LogP contribution < -0.4 is 0 Å². The standard InChI is InChI=1S/C11H16O3/c12-8-2-1-5-11(6-3-9-13)7-4-10-14/h1,3,5-6,11-14H,2,8-10H2/b5-1+,6-3+. The van der Waals surface area contributed by atoms with Crippen LogP contribution in [0.25, 0.3) is 0 Å². The summed E-state index contributed by atoms with van der Waals surface area (Å²) in [6.07, 6.45) is 7.57. The van der Waals surface area contributed by atoms with Crippen molar-refractivity contribution < 1.29 is 15.3 Å². The first-order chi connectivity index (χ1) is 6.85. The summed E-state index contributed by atoms with van der Waals surface area (Å²) < 4.78 is 0. The molecular formula is C11H16O3. The lowest BCUT2D eigenvalue weighted by Crippen LogP contribution is -1.89. The number of hydrogen-bond acceptors (Lipinski definition) is 3. The van der Waals surface area contributed by atoms with Crippen molar-refractivity contribution in [2.45, 2.75) is 6.42 Å². The molecule has 0 spiro atoms. The summed E-state index contributed by atoms with van der Waals surface area (Å²) in [5.74, 6) is 5.23. The van der Waals surface area contributed by atoms with Crippen molar-refractivity contribution in [3.63, 3.8) is 0 Å². The van der Waals surface area contributed by atoms with Gasteiger partial charge in [0.2, 0.25) is 0 Å². The van der Waals surface area contributed by atoms with Crippen molar-refractivity contribution >= 4 is 0 Å². The van der Waals surface area contributed by atoms with Gasteiger partial charge < -0.3 is 15.3 Å². The maximum absolute atomic E-state index is 8.56. The van der Waals surface area contributed by atoms with Gasteiger partial charge in [-0.25, -0.2) is 0 Å². The summed E-state index contributed by atoms with van der Waals surface area (Å²) in [5, 5.41) is 25.6. The van der Waals surface area contributed by atoms with Gasteiger partial charge in [-0.3, -0.25) is 0 Å². The fraction of sp³-hybridized carbons (Fsp3) is 0.455. The van der Waals surface area contributed by atoms with Crippen LogP contribution in [0.5, 0.6) is 0 Å². The SMILES string of the molecule is OCC#CC(/C=C/CO)/C=C/CCO. The van der Waals surface area contributed by atoms with Gasteiger partial charge >= 0.3 is 0 Å². The molecule has 0 saturated heterocycles. The van der Waals surface area contributed by atoms with Gasteiger partial charge in [0.1, 0.15) is 6.61 Å². The molecular weight excluding hydrogens is 180 g/mol. The number of aliphatic hydroxyl groups excluding tert-OH is 3.